The molecule has 0 aliphatic carbocycles. The Morgan fingerprint density at radius 2 is 2.06 bits per heavy atom. The van der Waals surface area contributed by atoms with Crippen LogP contribution in [0.4, 0.5) is 13.2 Å². The zero-order valence-electron chi connectivity index (χ0n) is 18.5. The summed E-state index contributed by atoms with van der Waals surface area (Å²) in [4.78, 5) is 17.3. The first-order valence-electron chi connectivity index (χ1n) is 10.5. The molecule has 3 aromatic heterocycles. The smallest absolute Gasteiger partial charge is 0.416 e. The highest BCUT2D eigenvalue weighted by Crippen LogP contribution is 2.41. The lowest BCUT2D eigenvalue weighted by Gasteiger charge is -2.21. The van der Waals surface area contributed by atoms with Crippen LogP contribution in [0.25, 0.3) is 16.2 Å². The lowest BCUT2D eigenvalue weighted by atomic mass is 9.99. The number of nitrogens with zero attached hydrogens (tertiary/aromatic N) is 2. The maximum atomic E-state index is 13.8. The average Bonchev–Trinajstić information content (AvgIpc) is 3.37. The van der Waals surface area contributed by atoms with Crippen molar-refractivity contribution in [1.82, 2.24) is 14.7 Å². The van der Waals surface area contributed by atoms with Crippen LogP contribution in [-0.2, 0) is 23.9 Å². The van der Waals surface area contributed by atoms with E-state index >= 15 is 0 Å². The van der Waals surface area contributed by atoms with Crippen LogP contribution in [0.2, 0.25) is 0 Å². The Hall–Kier alpha value is -3.37. The van der Waals surface area contributed by atoms with Gasteiger partial charge in [-0.3, -0.25) is 9.20 Å². The number of halogens is 3. The first kappa shape index (κ1) is 23.8. The zero-order valence-corrected chi connectivity index (χ0v) is 19.3. The molecule has 1 aromatic carbocycles. The van der Waals surface area contributed by atoms with Gasteiger partial charge in [0.25, 0.3) is 0 Å². The van der Waals surface area contributed by atoms with Crippen LogP contribution >= 0.6 is 11.3 Å². The second-order valence-electron chi connectivity index (χ2n) is 7.82. The highest BCUT2D eigenvalue weighted by Gasteiger charge is 2.35. The van der Waals surface area contributed by atoms with Crippen molar-refractivity contribution < 1.29 is 22.7 Å². The number of primary amides is 1. The molecule has 0 aliphatic rings. The van der Waals surface area contributed by atoms with Gasteiger partial charge in [-0.25, -0.2) is 4.98 Å². The van der Waals surface area contributed by atoms with E-state index in [4.69, 9.17) is 10.5 Å². The van der Waals surface area contributed by atoms with Crippen LogP contribution in [0.3, 0.4) is 0 Å². The number of ether oxygens (including phenoxy) is 1. The number of hydrogen-bond acceptors (Lipinski definition) is 5. The molecule has 0 spiro atoms. The third-order valence-electron chi connectivity index (χ3n) is 5.32. The maximum Gasteiger partial charge on any atom is 0.416 e. The highest BCUT2D eigenvalue weighted by atomic mass is 32.1. The minimum Gasteiger partial charge on any atom is -0.485 e. The fraction of sp³-hybridized carbons (Fsp3) is 0.250. The summed E-state index contributed by atoms with van der Waals surface area (Å²) in [6.07, 6.45) is -1.99. The van der Waals surface area contributed by atoms with E-state index in [1.54, 1.807) is 32.3 Å². The Kier molecular flexibility index (Phi) is 6.63. The van der Waals surface area contributed by atoms with Crippen molar-refractivity contribution in [2.24, 2.45) is 5.73 Å². The van der Waals surface area contributed by atoms with Crippen LogP contribution in [-0.4, -0.2) is 22.3 Å². The maximum absolute atomic E-state index is 13.8. The van der Waals surface area contributed by atoms with Crippen LogP contribution in [0.5, 0.6) is 5.75 Å². The fourth-order valence-electron chi connectivity index (χ4n) is 3.81. The molecular weight excluding hydrogens is 465 g/mol. The molecule has 0 radical (unpaired) electrons. The Morgan fingerprint density at radius 1 is 1.26 bits per heavy atom. The van der Waals surface area contributed by atoms with Gasteiger partial charge in [-0.15, -0.1) is 11.3 Å². The molecule has 4 rings (SSSR count). The summed E-state index contributed by atoms with van der Waals surface area (Å²) in [5.41, 5.74) is 6.73. The van der Waals surface area contributed by atoms with E-state index in [0.29, 0.717) is 22.7 Å². The van der Waals surface area contributed by atoms with Crippen molar-refractivity contribution in [3.8, 4) is 16.3 Å². The van der Waals surface area contributed by atoms with Gasteiger partial charge >= 0.3 is 6.18 Å². The second-order valence-corrected chi connectivity index (χ2v) is 8.96. The normalized spacial score (nSPS) is 12.7. The van der Waals surface area contributed by atoms with Crippen LogP contribution in [0, 0.1) is 0 Å². The van der Waals surface area contributed by atoms with Crippen molar-refractivity contribution in [3.05, 3.63) is 76.4 Å². The molecule has 0 saturated heterocycles. The number of carbonyl (C=O) groups is 1. The third-order valence-corrected chi connectivity index (χ3v) is 6.46. The molecule has 0 aliphatic heterocycles. The summed E-state index contributed by atoms with van der Waals surface area (Å²) in [6.45, 7) is 1.87. The van der Waals surface area contributed by atoms with E-state index in [1.807, 2.05) is 28.8 Å². The molecule has 1 atom stereocenters. The minimum absolute atomic E-state index is 0.0138. The van der Waals surface area contributed by atoms with Crippen molar-refractivity contribution in [2.45, 2.75) is 32.2 Å². The van der Waals surface area contributed by atoms with Crippen molar-refractivity contribution in [1.29, 1.82) is 0 Å². The first-order valence-corrected chi connectivity index (χ1v) is 11.3. The highest BCUT2D eigenvalue weighted by molar-refractivity contribution is 7.15. The lowest BCUT2D eigenvalue weighted by molar-refractivity contribution is -0.139. The number of rotatable bonds is 8. The Bertz CT molecular complexity index is 1330. The number of carbonyl (C=O) groups excluding carboxylic acids is 1. The molecule has 1 amide bonds. The van der Waals surface area contributed by atoms with E-state index in [-0.39, 0.29) is 12.0 Å². The molecule has 34 heavy (non-hydrogen) atoms. The molecule has 178 valence electrons. The zero-order chi connectivity index (χ0) is 24.5. The summed E-state index contributed by atoms with van der Waals surface area (Å²) in [5, 5.41) is 2.86. The molecular formula is C24H23F3N4O2S. The predicted octanol–water partition coefficient (Wildman–Crippen LogP) is 4.97. The van der Waals surface area contributed by atoms with Crippen molar-refractivity contribution in [3.63, 3.8) is 0 Å². The molecule has 0 fully saturated rings. The number of hydrogen-bond donors (Lipinski definition) is 2. The van der Waals surface area contributed by atoms with Crippen molar-refractivity contribution in [2.75, 3.05) is 7.05 Å². The summed E-state index contributed by atoms with van der Waals surface area (Å²) in [5.74, 6) is -0.235. The van der Waals surface area contributed by atoms with E-state index in [9.17, 15) is 18.0 Å². The van der Waals surface area contributed by atoms with Crippen LogP contribution < -0.4 is 15.8 Å². The van der Waals surface area contributed by atoms with Gasteiger partial charge in [0, 0.05) is 24.4 Å². The van der Waals surface area contributed by atoms with Gasteiger partial charge in [-0.1, -0.05) is 18.2 Å². The number of fused-ring (bicyclic) bond motifs is 1. The van der Waals surface area contributed by atoms with Crippen LogP contribution in [0.1, 0.15) is 34.6 Å². The largest absolute Gasteiger partial charge is 0.485 e. The van der Waals surface area contributed by atoms with Gasteiger partial charge in [-0.2, -0.15) is 13.2 Å². The van der Waals surface area contributed by atoms with E-state index < -0.39 is 23.8 Å². The summed E-state index contributed by atoms with van der Waals surface area (Å²) >= 11 is 1.30. The number of nitrogens with one attached hydrogen (secondary N) is 1. The molecule has 0 bridgehead atoms. The standard InChI is InChI=1S/C24H23F3N4O2S/c1-14(16-7-6-15(12-29-2)9-17(16)24(25,26)27)33-19-10-20(34-21(19)11-22(28)32)18-13-30-23-5-3-4-8-31(18)23/h3-10,13-14,29H,11-12H2,1-2H3,(H2,28,32). The van der Waals surface area contributed by atoms with Gasteiger partial charge in [0.15, 0.2) is 0 Å². The molecule has 0 saturated carbocycles. The van der Waals surface area contributed by atoms with Crippen LogP contribution in [0.15, 0.2) is 54.9 Å². The van der Waals surface area contributed by atoms with E-state index in [2.05, 4.69) is 10.3 Å². The SMILES string of the molecule is CNCc1ccc(C(C)Oc2cc(-c3cnc4ccccn34)sc2CC(N)=O)c(C(F)(F)F)c1. The molecule has 3 N–H and O–H groups in total. The average molecular weight is 489 g/mol. The summed E-state index contributed by atoms with van der Waals surface area (Å²) in [7, 11) is 1.67. The van der Waals surface area contributed by atoms with E-state index in [0.717, 1.165) is 22.3 Å². The minimum atomic E-state index is -4.54. The number of benzene rings is 1. The van der Waals surface area contributed by atoms with Gasteiger partial charge in [0.1, 0.15) is 17.5 Å². The second kappa shape index (κ2) is 9.47. The first-order chi connectivity index (χ1) is 16.2. The number of thiophene rings is 1. The monoisotopic (exact) mass is 488 g/mol. The van der Waals surface area contributed by atoms with Gasteiger partial charge in [0.2, 0.25) is 5.91 Å². The molecule has 10 heteroatoms. The van der Waals surface area contributed by atoms with Gasteiger partial charge < -0.3 is 15.8 Å². The molecule has 6 nitrogen and oxygen atoms in total. The lowest BCUT2D eigenvalue weighted by Crippen LogP contribution is -2.16. The Labute approximate surface area is 198 Å². The molecule has 1 unspecified atom stereocenters. The van der Waals surface area contributed by atoms with Gasteiger partial charge in [0.05, 0.1) is 33.6 Å². The number of alkyl halides is 3. The number of pyridine rings is 1. The number of aromatic nitrogens is 2. The summed E-state index contributed by atoms with van der Waals surface area (Å²) < 4.78 is 49.3. The number of imidazole rings is 1. The Balaban J connectivity index is 1.71. The quantitative estimate of drug-likeness (QED) is 0.367. The number of amides is 1. The summed E-state index contributed by atoms with van der Waals surface area (Å²) in [6, 6.07) is 11.5. The topological polar surface area (TPSA) is 81.7 Å². The number of nitrogens with two attached hydrogens (primary N) is 1. The predicted molar refractivity (Wildman–Crippen MR) is 125 cm³/mol. The van der Waals surface area contributed by atoms with Crippen molar-refractivity contribution >= 4 is 22.9 Å². The molecule has 4 aromatic rings. The molecule has 3 heterocycles. The van der Waals surface area contributed by atoms with Gasteiger partial charge in [-0.05, 0) is 37.7 Å². The fourth-order valence-corrected chi connectivity index (χ4v) is 4.91. The van der Waals surface area contributed by atoms with E-state index in [1.165, 1.54) is 17.4 Å². The third kappa shape index (κ3) is 4.92. The Morgan fingerprint density at radius 3 is 2.76 bits per heavy atom.